The first-order valence-corrected chi connectivity index (χ1v) is 5.28. The van der Waals surface area contributed by atoms with E-state index in [-0.39, 0.29) is 0 Å². The number of halogens is 12. The van der Waals surface area contributed by atoms with Crippen LogP contribution in [-0.4, -0.2) is 5.11 Å². The Labute approximate surface area is 123 Å². The second-order valence-electron chi connectivity index (χ2n) is 4.25. The molecule has 1 rings (SSSR count). The summed E-state index contributed by atoms with van der Waals surface area (Å²) >= 11 is 0. The largest absolute Gasteiger partial charge is 0.507 e. The van der Waals surface area contributed by atoms with Crippen LogP contribution in [0, 0.1) is 0 Å². The standard InChI is InChI=1S/C10H3F12NO/c11-7(12,13)1-2(8(14,15)16)5(23)4(10(20,21)22)6(24)3(1)9(17,18)19/h24H,23H2. The SMILES string of the molecule is Nc1c(C(F)(F)F)c(O)c(C(F)(F)F)c(C(F)(F)F)c1C(F)(F)F. The third-order valence-electron chi connectivity index (χ3n) is 2.65. The van der Waals surface area contributed by atoms with Crippen LogP contribution in [-0.2, 0) is 24.7 Å². The van der Waals surface area contributed by atoms with Crippen molar-refractivity contribution in [1.82, 2.24) is 0 Å². The minimum atomic E-state index is -6.41. The van der Waals surface area contributed by atoms with E-state index in [1.54, 1.807) is 0 Å². The predicted molar refractivity (Wildman–Crippen MR) is 52.5 cm³/mol. The fourth-order valence-corrected chi connectivity index (χ4v) is 1.90. The Morgan fingerprint density at radius 1 is 0.500 bits per heavy atom. The number of nitrogens with two attached hydrogens (primary N) is 1. The molecule has 0 aliphatic heterocycles. The van der Waals surface area contributed by atoms with Crippen LogP contribution in [0.25, 0.3) is 0 Å². The maximum Gasteiger partial charge on any atom is 0.421 e. The summed E-state index contributed by atoms with van der Waals surface area (Å²) < 4.78 is 152. The lowest BCUT2D eigenvalue weighted by molar-refractivity contribution is -0.176. The molecule has 0 saturated carbocycles. The number of hydrogen-bond acceptors (Lipinski definition) is 2. The highest BCUT2D eigenvalue weighted by atomic mass is 19.4. The van der Waals surface area contributed by atoms with Gasteiger partial charge < -0.3 is 10.8 Å². The molecule has 0 amide bonds. The molecule has 24 heavy (non-hydrogen) atoms. The third kappa shape index (κ3) is 3.40. The Hall–Kier alpha value is -2.02. The van der Waals surface area contributed by atoms with Crippen molar-refractivity contribution in [3.05, 3.63) is 22.3 Å². The second-order valence-corrected chi connectivity index (χ2v) is 4.25. The molecule has 0 aliphatic carbocycles. The van der Waals surface area contributed by atoms with Crippen LogP contribution in [0.5, 0.6) is 5.75 Å². The van der Waals surface area contributed by atoms with Gasteiger partial charge in [-0.05, 0) is 0 Å². The molecule has 1 aromatic rings. The molecule has 14 heteroatoms. The lowest BCUT2D eigenvalue weighted by atomic mass is 9.92. The van der Waals surface area contributed by atoms with Crippen LogP contribution in [0.2, 0.25) is 0 Å². The van der Waals surface area contributed by atoms with Gasteiger partial charge in [-0.15, -0.1) is 0 Å². The van der Waals surface area contributed by atoms with Crippen molar-refractivity contribution in [2.24, 2.45) is 0 Å². The first-order valence-electron chi connectivity index (χ1n) is 5.28. The molecular formula is C10H3F12NO. The molecule has 0 aromatic heterocycles. The fourth-order valence-electron chi connectivity index (χ4n) is 1.90. The molecule has 1 aromatic carbocycles. The molecule has 0 heterocycles. The number of aromatic hydroxyl groups is 1. The van der Waals surface area contributed by atoms with Gasteiger partial charge in [-0.25, -0.2) is 0 Å². The summed E-state index contributed by atoms with van der Waals surface area (Å²) in [6.07, 6.45) is -25.2. The number of rotatable bonds is 0. The van der Waals surface area contributed by atoms with E-state index >= 15 is 0 Å². The zero-order valence-corrected chi connectivity index (χ0v) is 10.6. The van der Waals surface area contributed by atoms with Gasteiger partial charge in [0, 0.05) is 0 Å². The van der Waals surface area contributed by atoms with E-state index < -0.39 is 58.4 Å². The monoisotopic (exact) mass is 381 g/mol. The van der Waals surface area contributed by atoms with E-state index in [1.165, 1.54) is 0 Å². The Balaban J connectivity index is 4.31. The minimum absolute atomic E-state index is 2.71. The van der Waals surface area contributed by atoms with Gasteiger partial charge in [-0.2, -0.15) is 52.7 Å². The van der Waals surface area contributed by atoms with Gasteiger partial charge in [0.1, 0.15) is 16.9 Å². The summed E-state index contributed by atoms with van der Waals surface area (Å²) in [5.74, 6) is -3.09. The van der Waals surface area contributed by atoms with Gasteiger partial charge >= 0.3 is 24.7 Å². The topological polar surface area (TPSA) is 46.2 Å². The maximum absolute atomic E-state index is 12.7. The van der Waals surface area contributed by atoms with Crippen molar-refractivity contribution in [2.45, 2.75) is 24.7 Å². The highest BCUT2D eigenvalue weighted by molar-refractivity contribution is 5.69. The van der Waals surface area contributed by atoms with Crippen molar-refractivity contribution < 1.29 is 57.8 Å². The van der Waals surface area contributed by atoms with Gasteiger partial charge in [0.05, 0.1) is 16.8 Å². The van der Waals surface area contributed by atoms with Crippen molar-refractivity contribution in [2.75, 3.05) is 5.73 Å². The highest BCUT2D eigenvalue weighted by Crippen LogP contribution is 2.56. The molecule has 0 aliphatic rings. The van der Waals surface area contributed by atoms with Crippen molar-refractivity contribution in [1.29, 1.82) is 0 Å². The van der Waals surface area contributed by atoms with Gasteiger partial charge in [0.15, 0.2) is 0 Å². The smallest absolute Gasteiger partial charge is 0.421 e. The number of benzene rings is 1. The molecule has 0 atom stereocenters. The van der Waals surface area contributed by atoms with Crippen LogP contribution in [0.4, 0.5) is 58.4 Å². The fraction of sp³-hybridized carbons (Fsp3) is 0.400. The van der Waals surface area contributed by atoms with Gasteiger partial charge in [0.2, 0.25) is 0 Å². The van der Waals surface area contributed by atoms with Crippen LogP contribution in [0.15, 0.2) is 0 Å². The average Bonchev–Trinajstić information content (AvgIpc) is 2.20. The summed E-state index contributed by atoms with van der Waals surface area (Å²) in [6, 6.07) is 0. The Morgan fingerprint density at radius 2 is 0.792 bits per heavy atom. The van der Waals surface area contributed by atoms with Crippen molar-refractivity contribution in [3.63, 3.8) is 0 Å². The first-order chi connectivity index (χ1) is 10.3. The first kappa shape index (κ1) is 20.0. The number of anilines is 1. The van der Waals surface area contributed by atoms with E-state index in [1.807, 2.05) is 0 Å². The molecule has 0 unspecified atom stereocenters. The lowest BCUT2D eigenvalue weighted by Crippen LogP contribution is -2.27. The molecule has 0 saturated heterocycles. The molecule has 0 bridgehead atoms. The average molecular weight is 381 g/mol. The van der Waals surface area contributed by atoms with E-state index in [9.17, 15) is 52.7 Å². The van der Waals surface area contributed by atoms with Gasteiger partial charge in [0.25, 0.3) is 0 Å². The van der Waals surface area contributed by atoms with Crippen LogP contribution in [0.3, 0.4) is 0 Å². The Morgan fingerprint density at radius 3 is 1.04 bits per heavy atom. The van der Waals surface area contributed by atoms with Crippen molar-refractivity contribution >= 4 is 5.69 Å². The number of phenols is 1. The van der Waals surface area contributed by atoms with Crippen LogP contribution < -0.4 is 5.73 Å². The zero-order valence-electron chi connectivity index (χ0n) is 10.6. The van der Waals surface area contributed by atoms with Gasteiger partial charge in [-0.1, -0.05) is 0 Å². The Kier molecular flexibility index (Phi) is 4.37. The summed E-state index contributed by atoms with van der Waals surface area (Å²) in [7, 11) is 0. The molecule has 2 nitrogen and oxygen atoms in total. The molecule has 0 spiro atoms. The third-order valence-corrected chi connectivity index (χ3v) is 2.65. The molecule has 0 fully saturated rings. The number of alkyl halides is 12. The summed E-state index contributed by atoms with van der Waals surface area (Å²) in [5, 5.41) is 8.99. The minimum Gasteiger partial charge on any atom is -0.507 e. The molecular weight excluding hydrogens is 378 g/mol. The summed E-state index contributed by atoms with van der Waals surface area (Å²) in [6.45, 7) is 0. The normalized spacial score (nSPS) is 14.2. The van der Waals surface area contributed by atoms with E-state index in [0.29, 0.717) is 0 Å². The van der Waals surface area contributed by atoms with E-state index in [2.05, 4.69) is 5.73 Å². The summed E-state index contributed by atoms with van der Waals surface area (Å²) in [4.78, 5) is 0. The number of nitrogen functional groups attached to an aromatic ring is 1. The highest BCUT2D eigenvalue weighted by Gasteiger charge is 2.56. The molecule has 138 valence electrons. The predicted octanol–water partition coefficient (Wildman–Crippen LogP) is 5.05. The van der Waals surface area contributed by atoms with Gasteiger partial charge in [-0.3, -0.25) is 0 Å². The number of hydrogen-bond donors (Lipinski definition) is 2. The quantitative estimate of drug-likeness (QED) is 0.488. The zero-order chi connectivity index (χ0) is 19.5. The van der Waals surface area contributed by atoms with Crippen molar-refractivity contribution in [3.8, 4) is 5.75 Å². The summed E-state index contributed by atoms with van der Waals surface area (Å²) in [5.41, 5.74) is -11.8. The molecule has 0 radical (unpaired) electrons. The lowest BCUT2D eigenvalue weighted by Gasteiger charge is -2.26. The van der Waals surface area contributed by atoms with E-state index in [0.717, 1.165) is 0 Å². The maximum atomic E-state index is 12.7. The van der Waals surface area contributed by atoms with Crippen LogP contribution >= 0.6 is 0 Å². The Bertz CT molecular complexity index is 607. The van der Waals surface area contributed by atoms with E-state index in [4.69, 9.17) is 5.11 Å². The molecule has 3 N–H and O–H groups in total. The second kappa shape index (κ2) is 5.24. The van der Waals surface area contributed by atoms with Crippen LogP contribution in [0.1, 0.15) is 22.3 Å². The number of phenolic OH excluding ortho intramolecular Hbond substituents is 1.